The molecular weight excluding hydrogens is 580 g/mol. The standard InChI is InChI=1S/C25H24Br2N4O4/c26-19-9-14(10-20(27)22(19)28)23(33)17-11-18(17)24(34)30-6-4-15(5-7-30)31-12-21(29-25(31)35)13-2-1-3-16(32)8-13/h1-3,8-10,12,15,17-18,32H,4-7,11,28H2,(H,29,35). The van der Waals surface area contributed by atoms with Gasteiger partial charge < -0.3 is 20.7 Å². The molecule has 2 fully saturated rings. The lowest BCUT2D eigenvalue weighted by Crippen LogP contribution is -2.41. The number of phenolic OH excluding ortho intramolecular Hbond substituents is 1. The van der Waals surface area contributed by atoms with E-state index in [4.69, 9.17) is 5.73 Å². The number of nitrogens with two attached hydrogens (primary N) is 1. The van der Waals surface area contributed by atoms with Crippen molar-refractivity contribution in [2.24, 2.45) is 11.8 Å². The van der Waals surface area contributed by atoms with E-state index in [-0.39, 0.29) is 41.0 Å². The van der Waals surface area contributed by atoms with Crippen LogP contribution in [0.5, 0.6) is 5.75 Å². The van der Waals surface area contributed by atoms with Crippen molar-refractivity contribution in [2.45, 2.75) is 25.3 Å². The Balaban J connectivity index is 1.20. The van der Waals surface area contributed by atoms with Gasteiger partial charge in [0.25, 0.3) is 0 Å². The summed E-state index contributed by atoms with van der Waals surface area (Å²) in [6.07, 6.45) is 3.65. The van der Waals surface area contributed by atoms with Crippen molar-refractivity contribution in [1.29, 1.82) is 0 Å². The first-order valence-corrected chi connectivity index (χ1v) is 13.0. The minimum atomic E-state index is -0.306. The molecule has 1 amide bonds. The van der Waals surface area contributed by atoms with Crippen LogP contribution in [0.25, 0.3) is 11.3 Å². The number of carbonyl (C=O) groups is 2. The molecule has 1 aliphatic carbocycles. The van der Waals surface area contributed by atoms with Gasteiger partial charge in [0.15, 0.2) is 5.78 Å². The van der Waals surface area contributed by atoms with E-state index in [1.807, 2.05) is 11.0 Å². The van der Waals surface area contributed by atoms with Gasteiger partial charge in [-0.05, 0) is 75.4 Å². The van der Waals surface area contributed by atoms with Gasteiger partial charge in [0, 0.05) is 57.2 Å². The van der Waals surface area contributed by atoms with Gasteiger partial charge in [-0.1, -0.05) is 12.1 Å². The van der Waals surface area contributed by atoms with Crippen LogP contribution >= 0.6 is 31.9 Å². The third-order valence-corrected chi connectivity index (χ3v) is 8.19. The molecule has 3 aromatic rings. The van der Waals surface area contributed by atoms with E-state index in [0.717, 1.165) is 5.56 Å². The lowest BCUT2D eigenvalue weighted by Gasteiger charge is -2.32. The Morgan fingerprint density at radius 2 is 1.74 bits per heavy atom. The number of nitrogens with one attached hydrogen (secondary N) is 1. The molecule has 2 heterocycles. The van der Waals surface area contributed by atoms with E-state index in [9.17, 15) is 19.5 Å². The molecule has 35 heavy (non-hydrogen) atoms. The maximum absolute atomic E-state index is 13.1. The number of aromatic nitrogens is 2. The second-order valence-electron chi connectivity index (χ2n) is 9.15. The zero-order valence-electron chi connectivity index (χ0n) is 18.7. The summed E-state index contributed by atoms with van der Waals surface area (Å²) in [7, 11) is 0. The number of amides is 1. The number of anilines is 1. The summed E-state index contributed by atoms with van der Waals surface area (Å²) in [6.45, 7) is 1.08. The summed E-state index contributed by atoms with van der Waals surface area (Å²) in [4.78, 5) is 43.2. The number of aromatic hydroxyl groups is 1. The van der Waals surface area contributed by atoms with Crippen molar-refractivity contribution in [1.82, 2.24) is 14.5 Å². The molecule has 1 saturated carbocycles. The molecule has 10 heteroatoms. The van der Waals surface area contributed by atoms with Crippen molar-refractivity contribution < 1.29 is 14.7 Å². The number of carbonyl (C=O) groups excluding carboxylic acids is 2. The highest BCUT2D eigenvalue weighted by Gasteiger charge is 2.50. The largest absolute Gasteiger partial charge is 0.508 e. The highest BCUT2D eigenvalue weighted by atomic mass is 79.9. The van der Waals surface area contributed by atoms with Crippen LogP contribution in [-0.4, -0.2) is 44.3 Å². The van der Waals surface area contributed by atoms with E-state index in [1.165, 1.54) is 0 Å². The number of imidazole rings is 1. The number of piperidine rings is 1. The molecule has 2 atom stereocenters. The number of nitrogen functional groups attached to an aromatic ring is 1. The van der Waals surface area contributed by atoms with Gasteiger partial charge >= 0.3 is 5.69 Å². The number of nitrogens with zero attached hydrogens (tertiary/aromatic N) is 2. The number of rotatable bonds is 5. The van der Waals surface area contributed by atoms with Gasteiger partial charge in [-0.15, -0.1) is 0 Å². The molecule has 1 aliphatic heterocycles. The summed E-state index contributed by atoms with van der Waals surface area (Å²) >= 11 is 6.74. The number of likely N-dealkylation sites (tertiary alicyclic amines) is 1. The van der Waals surface area contributed by atoms with Crippen molar-refractivity contribution in [3.8, 4) is 17.0 Å². The minimum Gasteiger partial charge on any atom is -0.508 e. The Kier molecular flexibility index (Phi) is 6.35. The fourth-order valence-electron chi connectivity index (χ4n) is 4.80. The number of ketones is 1. The second kappa shape index (κ2) is 9.31. The van der Waals surface area contributed by atoms with Gasteiger partial charge in [0.1, 0.15) is 5.75 Å². The Morgan fingerprint density at radius 1 is 1.06 bits per heavy atom. The summed E-state index contributed by atoms with van der Waals surface area (Å²) in [5, 5.41) is 9.72. The Labute approximate surface area is 218 Å². The molecule has 4 N–H and O–H groups in total. The van der Waals surface area contributed by atoms with Crippen LogP contribution in [0.1, 0.15) is 35.7 Å². The molecule has 1 aromatic heterocycles. The molecular formula is C25H24Br2N4O4. The second-order valence-corrected chi connectivity index (χ2v) is 10.9. The molecule has 5 rings (SSSR count). The Bertz CT molecular complexity index is 1350. The molecule has 2 aliphatic rings. The molecule has 2 unspecified atom stereocenters. The summed E-state index contributed by atoms with van der Waals surface area (Å²) in [5.41, 5.74) is 8.15. The van der Waals surface area contributed by atoms with Gasteiger partial charge in [0.2, 0.25) is 5.91 Å². The zero-order valence-corrected chi connectivity index (χ0v) is 21.9. The third-order valence-electron chi connectivity index (χ3n) is 6.88. The first kappa shape index (κ1) is 23.9. The topological polar surface area (TPSA) is 121 Å². The molecule has 0 radical (unpaired) electrons. The van der Waals surface area contributed by atoms with Crippen LogP contribution in [-0.2, 0) is 4.79 Å². The number of benzene rings is 2. The smallest absolute Gasteiger partial charge is 0.326 e. The number of hydrogen-bond donors (Lipinski definition) is 3. The summed E-state index contributed by atoms with van der Waals surface area (Å²) < 4.78 is 2.97. The lowest BCUT2D eigenvalue weighted by molar-refractivity contribution is -0.134. The number of aromatic amines is 1. The number of Topliss-reactive ketones (excluding diaryl/α,β-unsaturated/α-hetero) is 1. The molecule has 8 nitrogen and oxygen atoms in total. The van der Waals surface area contributed by atoms with E-state index < -0.39 is 0 Å². The molecule has 1 saturated heterocycles. The summed E-state index contributed by atoms with van der Waals surface area (Å²) in [5.74, 6) is -0.493. The Morgan fingerprint density at radius 3 is 2.40 bits per heavy atom. The average molecular weight is 604 g/mol. The zero-order chi connectivity index (χ0) is 24.9. The van der Waals surface area contributed by atoms with E-state index >= 15 is 0 Å². The molecule has 2 aromatic carbocycles. The number of phenols is 1. The van der Waals surface area contributed by atoms with Crippen LogP contribution < -0.4 is 11.4 Å². The molecule has 182 valence electrons. The fraction of sp³-hybridized carbons (Fsp3) is 0.320. The average Bonchev–Trinajstić information content (AvgIpc) is 3.55. The highest BCUT2D eigenvalue weighted by molar-refractivity contribution is 9.11. The van der Waals surface area contributed by atoms with Gasteiger partial charge in [-0.25, -0.2) is 4.79 Å². The van der Waals surface area contributed by atoms with Crippen molar-refractivity contribution >= 4 is 49.2 Å². The van der Waals surface area contributed by atoms with Crippen molar-refractivity contribution in [3.63, 3.8) is 0 Å². The maximum Gasteiger partial charge on any atom is 0.326 e. The van der Waals surface area contributed by atoms with Gasteiger partial charge in [0.05, 0.1) is 11.4 Å². The molecule has 0 spiro atoms. The van der Waals surface area contributed by atoms with E-state index in [1.54, 1.807) is 41.1 Å². The maximum atomic E-state index is 13.1. The van der Waals surface area contributed by atoms with Crippen LogP contribution in [0.2, 0.25) is 0 Å². The predicted molar refractivity (Wildman–Crippen MR) is 139 cm³/mol. The van der Waals surface area contributed by atoms with Crippen LogP contribution in [0.3, 0.4) is 0 Å². The SMILES string of the molecule is Nc1c(Br)cc(C(=O)C2CC2C(=O)N2CCC(n3cc(-c4cccc(O)c4)[nH]c3=O)CC2)cc1Br. The van der Waals surface area contributed by atoms with Crippen LogP contribution in [0.4, 0.5) is 5.69 Å². The Hall–Kier alpha value is -2.85. The quantitative estimate of drug-likeness (QED) is 0.296. The van der Waals surface area contributed by atoms with Gasteiger partial charge in [-0.2, -0.15) is 0 Å². The first-order valence-electron chi connectivity index (χ1n) is 11.4. The van der Waals surface area contributed by atoms with Crippen molar-refractivity contribution in [3.05, 3.63) is 67.6 Å². The monoisotopic (exact) mass is 602 g/mol. The summed E-state index contributed by atoms with van der Waals surface area (Å²) in [6, 6.07) is 10.1. The van der Waals surface area contributed by atoms with E-state index in [0.29, 0.717) is 58.2 Å². The fourth-order valence-corrected chi connectivity index (χ4v) is 5.98. The van der Waals surface area contributed by atoms with Crippen molar-refractivity contribution in [2.75, 3.05) is 18.8 Å². The lowest BCUT2D eigenvalue weighted by atomic mass is 10.0. The normalized spacial score (nSPS) is 20.1. The predicted octanol–water partition coefficient (Wildman–Crippen LogP) is 4.34. The minimum absolute atomic E-state index is 0.0113. The van der Waals surface area contributed by atoms with Crippen LogP contribution in [0, 0.1) is 11.8 Å². The number of halogens is 2. The first-order chi connectivity index (χ1) is 16.7. The van der Waals surface area contributed by atoms with Crippen LogP contribution in [0.15, 0.2) is 56.3 Å². The number of H-pyrrole nitrogens is 1. The van der Waals surface area contributed by atoms with E-state index in [2.05, 4.69) is 36.8 Å². The third kappa shape index (κ3) is 4.69. The molecule has 0 bridgehead atoms. The highest BCUT2D eigenvalue weighted by Crippen LogP contribution is 2.44. The number of hydrogen-bond acceptors (Lipinski definition) is 5. The van der Waals surface area contributed by atoms with Gasteiger partial charge in [-0.3, -0.25) is 14.2 Å².